The summed E-state index contributed by atoms with van der Waals surface area (Å²) < 4.78 is 0. The molecule has 3 rings (SSSR count). The molecule has 3 saturated carbocycles. The van der Waals surface area contributed by atoms with Gasteiger partial charge in [-0.05, 0) is 74.0 Å². The van der Waals surface area contributed by atoms with E-state index in [1.807, 2.05) is 0 Å². The Bertz CT molecular complexity index is 287. The lowest BCUT2D eigenvalue weighted by atomic mass is 9.71. The predicted octanol–water partition coefficient (Wildman–Crippen LogP) is 4.21. The van der Waals surface area contributed by atoms with Gasteiger partial charge in [-0.25, -0.2) is 0 Å². The molecule has 3 aliphatic rings. The molecule has 0 radical (unpaired) electrons. The molecular weight excluding hydrogens is 218 g/mol. The lowest BCUT2D eigenvalue weighted by Crippen LogP contribution is -2.37. The number of fused-ring (bicyclic) bond motifs is 2. The second kappa shape index (κ2) is 5.15. The van der Waals surface area contributed by atoms with Crippen LogP contribution in [0.3, 0.4) is 0 Å². The van der Waals surface area contributed by atoms with Crippen molar-refractivity contribution in [2.75, 3.05) is 0 Å². The van der Waals surface area contributed by atoms with Crippen molar-refractivity contribution in [2.45, 2.75) is 71.3 Å². The van der Waals surface area contributed by atoms with Gasteiger partial charge in [0.1, 0.15) is 0 Å². The molecule has 104 valence electrons. The number of nitrogens with two attached hydrogens (primary N) is 1. The van der Waals surface area contributed by atoms with E-state index in [1.54, 1.807) is 0 Å². The molecule has 0 aromatic rings. The van der Waals surface area contributed by atoms with Crippen molar-refractivity contribution in [3.05, 3.63) is 0 Å². The van der Waals surface area contributed by atoms with Gasteiger partial charge in [-0.2, -0.15) is 0 Å². The minimum Gasteiger partial charge on any atom is -0.327 e. The summed E-state index contributed by atoms with van der Waals surface area (Å²) in [6.07, 6.45) is 11.6. The van der Waals surface area contributed by atoms with E-state index in [0.29, 0.717) is 6.04 Å². The van der Waals surface area contributed by atoms with Crippen molar-refractivity contribution in [1.82, 2.24) is 0 Å². The zero-order chi connectivity index (χ0) is 12.7. The minimum absolute atomic E-state index is 0.504. The van der Waals surface area contributed by atoms with Crippen molar-refractivity contribution in [2.24, 2.45) is 41.2 Å². The Kier molecular flexibility index (Phi) is 3.71. The summed E-state index contributed by atoms with van der Waals surface area (Å²) in [5.41, 5.74) is 6.57. The van der Waals surface area contributed by atoms with Crippen LogP contribution >= 0.6 is 0 Å². The fourth-order valence-corrected chi connectivity index (χ4v) is 5.19. The molecule has 1 nitrogen and oxygen atoms in total. The molecule has 3 aliphatic carbocycles. The maximum absolute atomic E-state index is 6.57. The molecule has 0 heterocycles. The van der Waals surface area contributed by atoms with Gasteiger partial charge in [0.05, 0.1) is 0 Å². The lowest BCUT2D eigenvalue weighted by Gasteiger charge is -2.37. The van der Waals surface area contributed by atoms with Crippen LogP contribution in [0.25, 0.3) is 0 Å². The summed E-state index contributed by atoms with van der Waals surface area (Å²) in [5.74, 6) is 5.79. The zero-order valence-corrected chi connectivity index (χ0v) is 12.3. The van der Waals surface area contributed by atoms with Crippen LogP contribution < -0.4 is 5.73 Å². The molecule has 7 atom stereocenters. The first kappa shape index (κ1) is 13.0. The van der Waals surface area contributed by atoms with Gasteiger partial charge in [0.2, 0.25) is 0 Å². The van der Waals surface area contributed by atoms with Gasteiger partial charge >= 0.3 is 0 Å². The summed E-state index contributed by atoms with van der Waals surface area (Å²) in [7, 11) is 0. The Morgan fingerprint density at radius 3 is 2.39 bits per heavy atom. The van der Waals surface area contributed by atoms with Crippen LogP contribution in [0.2, 0.25) is 0 Å². The Balaban J connectivity index is 1.51. The summed E-state index contributed by atoms with van der Waals surface area (Å²) in [4.78, 5) is 0. The first-order chi connectivity index (χ1) is 8.63. The van der Waals surface area contributed by atoms with E-state index in [0.717, 1.165) is 35.5 Å². The number of rotatable bonds is 3. The van der Waals surface area contributed by atoms with Crippen LogP contribution in [0.15, 0.2) is 0 Å². The average molecular weight is 249 g/mol. The van der Waals surface area contributed by atoms with Crippen LogP contribution in [0.1, 0.15) is 65.2 Å². The molecule has 3 fully saturated rings. The normalized spacial score (nSPS) is 49.5. The van der Waals surface area contributed by atoms with Crippen LogP contribution in [0, 0.1) is 35.5 Å². The second-order valence-electron chi connectivity index (χ2n) is 7.86. The van der Waals surface area contributed by atoms with Gasteiger partial charge in [-0.3, -0.25) is 0 Å². The van der Waals surface area contributed by atoms with Gasteiger partial charge in [0, 0.05) is 6.04 Å². The standard InChI is InChI=1S/C17H31N/c1-11-3-5-15(7-12(11)2)17(18)10-16-9-13-4-6-14(16)8-13/h11-17H,3-10,18H2,1-2H3. The highest BCUT2D eigenvalue weighted by atomic mass is 14.7. The Morgan fingerprint density at radius 1 is 0.944 bits per heavy atom. The molecule has 2 N–H and O–H groups in total. The SMILES string of the molecule is CC1CCC(C(N)CC2CC3CCC2C3)CC1C. The second-order valence-corrected chi connectivity index (χ2v) is 7.86. The van der Waals surface area contributed by atoms with E-state index in [2.05, 4.69) is 13.8 Å². The van der Waals surface area contributed by atoms with Gasteiger partial charge in [-0.15, -0.1) is 0 Å². The van der Waals surface area contributed by atoms with Gasteiger partial charge < -0.3 is 5.73 Å². The fourth-order valence-electron chi connectivity index (χ4n) is 5.19. The fraction of sp³-hybridized carbons (Fsp3) is 1.00. The van der Waals surface area contributed by atoms with E-state index in [-0.39, 0.29) is 0 Å². The highest BCUT2D eigenvalue weighted by Crippen LogP contribution is 2.50. The largest absolute Gasteiger partial charge is 0.327 e. The molecule has 7 unspecified atom stereocenters. The first-order valence-corrected chi connectivity index (χ1v) is 8.39. The Morgan fingerprint density at radius 2 is 1.78 bits per heavy atom. The van der Waals surface area contributed by atoms with Crippen molar-refractivity contribution in [3.63, 3.8) is 0 Å². The summed E-state index contributed by atoms with van der Waals surface area (Å²) in [5, 5.41) is 0. The van der Waals surface area contributed by atoms with Gasteiger partial charge in [-0.1, -0.05) is 26.7 Å². The summed E-state index contributed by atoms with van der Waals surface area (Å²) >= 11 is 0. The monoisotopic (exact) mass is 249 g/mol. The van der Waals surface area contributed by atoms with E-state index in [9.17, 15) is 0 Å². The summed E-state index contributed by atoms with van der Waals surface area (Å²) in [6.45, 7) is 4.85. The van der Waals surface area contributed by atoms with E-state index >= 15 is 0 Å². The molecular formula is C17H31N. The lowest BCUT2D eigenvalue weighted by molar-refractivity contribution is 0.164. The molecule has 1 heteroatoms. The molecule has 0 aromatic carbocycles. The molecule has 0 spiro atoms. The quantitative estimate of drug-likeness (QED) is 0.796. The maximum atomic E-state index is 6.57. The van der Waals surface area contributed by atoms with Crippen molar-refractivity contribution >= 4 is 0 Å². The summed E-state index contributed by atoms with van der Waals surface area (Å²) in [6, 6.07) is 0.504. The van der Waals surface area contributed by atoms with Crippen LogP contribution in [0.4, 0.5) is 0 Å². The van der Waals surface area contributed by atoms with E-state index in [4.69, 9.17) is 5.73 Å². The van der Waals surface area contributed by atoms with E-state index in [1.165, 1.54) is 51.4 Å². The minimum atomic E-state index is 0.504. The molecule has 0 saturated heterocycles. The van der Waals surface area contributed by atoms with Crippen molar-refractivity contribution in [1.29, 1.82) is 0 Å². The van der Waals surface area contributed by atoms with Crippen LogP contribution in [-0.2, 0) is 0 Å². The molecule has 18 heavy (non-hydrogen) atoms. The third-order valence-corrected chi connectivity index (χ3v) is 6.70. The van der Waals surface area contributed by atoms with Crippen molar-refractivity contribution in [3.8, 4) is 0 Å². The molecule has 0 aromatic heterocycles. The van der Waals surface area contributed by atoms with Gasteiger partial charge in [0.15, 0.2) is 0 Å². The average Bonchev–Trinajstić information content (AvgIpc) is 2.94. The third-order valence-electron chi connectivity index (χ3n) is 6.70. The van der Waals surface area contributed by atoms with Crippen LogP contribution in [0.5, 0.6) is 0 Å². The zero-order valence-electron chi connectivity index (χ0n) is 12.3. The Labute approximate surface area is 113 Å². The Hall–Kier alpha value is -0.0400. The van der Waals surface area contributed by atoms with Gasteiger partial charge in [0.25, 0.3) is 0 Å². The molecule has 0 aliphatic heterocycles. The van der Waals surface area contributed by atoms with Crippen molar-refractivity contribution < 1.29 is 0 Å². The van der Waals surface area contributed by atoms with Crippen LogP contribution in [-0.4, -0.2) is 6.04 Å². The highest BCUT2D eigenvalue weighted by Gasteiger charge is 2.41. The first-order valence-electron chi connectivity index (χ1n) is 8.39. The number of hydrogen-bond acceptors (Lipinski definition) is 1. The smallest absolute Gasteiger partial charge is 0.00700 e. The third kappa shape index (κ3) is 2.48. The number of hydrogen-bond donors (Lipinski definition) is 1. The highest BCUT2D eigenvalue weighted by molar-refractivity contribution is 4.93. The predicted molar refractivity (Wildman–Crippen MR) is 77.2 cm³/mol. The maximum Gasteiger partial charge on any atom is 0.00700 e. The van der Waals surface area contributed by atoms with E-state index < -0.39 is 0 Å². The molecule has 2 bridgehead atoms. The molecule has 0 amide bonds. The topological polar surface area (TPSA) is 26.0 Å².